The molecule has 2 atom stereocenters. The maximum absolute atomic E-state index is 13.6. The minimum absolute atomic E-state index is 0.0376. The van der Waals surface area contributed by atoms with E-state index in [4.69, 9.17) is 4.74 Å². The summed E-state index contributed by atoms with van der Waals surface area (Å²) in [6, 6.07) is 7.98. The van der Waals surface area contributed by atoms with E-state index in [-0.39, 0.29) is 16.7 Å². The molecule has 0 spiro atoms. The van der Waals surface area contributed by atoms with Crippen molar-refractivity contribution in [1.29, 1.82) is 0 Å². The molecule has 0 radical (unpaired) electrons. The zero-order valence-corrected chi connectivity index (χ0v) is 16.4. The van der Waals surface area contributed by atoms with Crippen molar-refractivity contribution in [2.75, 3.05) is 36.5 Å². The average Bonchev–Trinajstić information content (AvgIpc) is 2.99. The highest BCUT2D eigenvalue weighted by molar-refractivity contribution is 6.07. The molecule has 2 bridgehead atoms. The van der Waals surface area contributed by atoms with Crippen molar-refractivity contribution in [1.82, 2.24) is 0 Å². The third kappa shape index (κ3) is 2.42. The number of nitrogens with zero attached hydrogens (tertiary/aromatic N) is 2. The summed E-state index contributed by atoms with van der Waals surface area (Å²) in [5.41, 5.74) is 1.61. The first-order chi connectivity index (χ1) is 12.9. The number of ether oxygens (including phenoxy) is 1. The molecule has 2 aliphatic carbocycles. The summed E-state index contributed by atoms with van der Waals surface area (Å²) in [6.07, 6.45) is 2.22. The van der Waals surface area contributed by atoms with E-state index in [9.17, 15) is 10.0 Å². The van der Waals surface area contributed by atoms with Gasteiger partial charge < -0.3 is 20.2 Å². The maximum Gasteiger partial charge on any atom is 0.231 e. The van der Waals surface area contributed by atoms with Crippen molar-refractivity contribution in [3.63, 3.8) is 0 Å². The first-order valence-corrected chi connectivity index (χ1v) is 9.80. The predicted octanol–water partition coefficient (Wildman–Crippen LogP) is 3.51. The van der Waals surface area contributed by atoms with Crippen LogP contribution in [0.5, 0.6) is 0 Å². The third-order valence-corrected chi connectivity index (χ3v) is 7.79. The Kier molecular flexibility index (Phi) is 4.22. The number of hydrogen-bond acceptors (Lipinski definition) is 5. The molecule has 1 aliphatic heterocycles. The van der Waals surface area contributed by atoms with E-state index in [1.807, 2.05) is 18.2 Å². The van der Waals surface area contributed by atoms with E-state index in [1.54, 1.807) is 0 Å². The molecule has 1 saturated heterocycles. The van der Waals surface area contributed by atoms with Crippen LogP contribution in [0.4, 0.5) is 11.4 Å². The smallest absolute Gasteiger partial charge is 0.231 e. The molecule has 1 amide bonds. The predicted molar refractivity (Wildman–Crippen MR) is 105 cm³/mol. The highest BCUT2D eigenvalue weighted by atomic mass is 16.5. The van der Waals surface area contributed by atoms with Gasteiger partial charge >= 0.3 is 0 Å². The van der Waals surface area contributed by atoms with Crippen LogP contribution in [0.15, 0.2) is 29.4 Å². The van der Waals surface area contributed by atoms with E-state index in [0.717, 1.165) is 43.0 Å². The Labute approximate surface area is 160 Å². The van der Waals surface area contributed by atoms with Gasteiger partial charge in [-0.3, -0.25) is 4.79 Å². The van der Waals surface area contributed by atoms with Crippen LogP contribution in [0.3, 0.4) is 0 Å². The number of nitrogens with one attached hydrogen (secondary N) is 1. The molecular formula is C21H29N3O3. The van der Waals surface area contributed by atoms with Gasteiger partial charge in [0.15, 0.2) is 0 Å². The third-order valence-electron chi connectivity index (χ3n) is 7.79. The number of hydrogen-bond donors (Lipinski definition) is 2. The second kappa shape index (κ2) is 6.23. The number of anilines is 2. The molecule has 146 valence electrons. The number of carbonyl (C=O) groups is 1. The van der Waals surface area contributed by atoms with Crippen LogP contribution >= 0.6 is 0 Å². The maximum atomic E-state index is 13.6. The molecule has 6 heteroatoms. The molecule has 2 saturated carbocycles. The van der Waals surface area contributed by atoms with Gasteiger partial charge in [-0.05, 0) is 30.4 Å². The normalized spacial score (nSPS) is 33.4. The summed E-state index contributed by atoms with van der Waals surface area (Å²) < 4.78 is 5.46. The van der Waals surface area contributed by atoms with Crippen molar-refractivity contribution < 1.29 is 14.7 Å². The Balaban J connectivity index is 1.64. The van der Waals surface area contributed by atoms with E-state index in [2.05, 4.69) is 42.2 Å². The second-order valence-electron chi connectivity index (χ2n) is 8.83. The van der Waals surface area contributed by atoms with Crippen LogP contribution in [-0.2, 0) is 9.53 Å². The van der Waals surface area contributed by atoms with Crippen molar-refractivity contribution >= 4 is 23.0 Å². The molecule has 1 aromatic rings. The Hall–Kier alpha value is -2.08. The van der Waals surface area contributed by atoms with Gasteiger partial charge in [-0.25, -0.2) is 0 Å². The van der Waals surface area contributed by atoms with Crippen molar-refractivity contribution in [3.05, 3.63) is 24.3 Å². The van der Waals surface area contributed by atoms with Crippen LogP contribution in [0.2, 0.25) is 0 Å². The zero-order chi connectivity index (χ0) is 19.3. The van der Waals surface area contributed by atoms with E-state index >= 15 is 0 Å². The Morgan fingerprint density at radius 1 is 1.19 bits per heavy atom. The van der Waals surface area contributed by atoms with Crippen molar-refractivity contribution in [2.45, 2.75) is 40.0 Å². The summed E-state index contributed by atoms with van der Waals surface area (Å²) in [5, 5.41) is 16.3. The fraction of sp³-hybridized carbons (Fsp3) is 0.619. The van der Waals surface area contributed by atoms with Gasteiger partial charge in [-0.1, -0.05) is 38.1 Å². The van der Waals surface area contributed by atoms with Crippen LogP contribution < -0.4 is 10.2 Å². The van der Waals surface area contributed by atoms with E-state index < -0.39 is 5.41 Å². The molecule has 3 fully saturated rings. The van der Waals surface area contributed by atoms with Gasteiger partial charge in [-0.2, -0.15) is 0 Å². The number of carbonyl (C=O) groups excluding carboxylic acids is 1. The van der Waals surface area contributed by atoms with Crippen LogP contribution in [0.25, 0.3) is 0 Å². The molecule has 3 aliphatic rings. The summed E-state index contributed by atoms with van der Waals surface area (Å²) in [7, 11) is 0. The number of oxime groups is 1. The molecule has 0 aromatic heterocycles. The quantitative estimate of drug-likeness (QED) is 0.630. The van der Waals surface area contributed by atoms with Crippen molar-refractivity contribution in [3.8, 4) is 0 Å². The summed E-state index contributed by atoms with van der Waals surface area (Å²) >= 11 is 0. The highest BCUT2D eigenvalue weighted by Gasteiger charge is 2.71. The molecule has 1 heterocycles. The lowest BCUT2D eigenvalue weighted by Gasteiger charge is -2.39. The molecule has 1 aromatic carbocycles. The van der Waals surface area contributed by atoms with Gasteiger partial charge in [0, 0.05) is 24.9 Å². The van der Waals surface area contributed by atoms with Crippen LogP contribution in [0.1, 0.15) is 40.0 Å². The Bertz CT molecular complexity index is 785. The first-order valence-electron chi connectivity index (χ1n) is 9.80. The fourth-order valence-electron chi connectivity index (χ4n) is 5.44. The van der Waals surface area contributed by atoms with Gasteiger partial charge in [0.1, 0.15) is 0 Å². The first kappa shape index (κ1) is 18.3. The lowest BCUT2D eigenvalue weighted by Crippen LogP contribution is -2.44. The average molecular weight is 371 g/mol. The number of rotatable bonds is 3. The van der Waals surface area contributed by atoms with Gasteiger partial charge in [-0.15, -0.1) is 0 Å². The SMILES string of the molecule is CC12CCC(C(=O)Nc3ccccc3N3CCOCC3)(C/C1=N\O)C2(C)C. The molecule has 4 rings (SSSR count). The molecule has 2 N–H and O–H groups in total. The van der Waals surface area contributed by atoms with Gasteiger partial charge in [0.05, 0.1) is 35.7 Å². The standard InChI is InChI=1S/C21H29N3O3/c1-19(2)20(3)8-9-21(19,14-17(20)23-26)18(25)22-15-6-4-5-7-16(15)24-10-12-27-13-11-24/h4-7,26H,8-14H2,1-3H3,(H,22,25)/b23-17+. The number of amides is 1. The minimum atomic E-state index is -0.540. The highest BCUT2D eigenvalue weighted by Crippen LogP contribution is 2.71. The van der Waals surface area contributed by atoms with Crippen molar-refractivity contribution in [2.24, 2.45) is 21.4 Å². The largest absolute Gasteiger partial charge is 0.411 e. The Morgan fingerprint density at radius 2 is 1.89 bits per heavy atom. The van der Waals surface area contributed by atoms with E-state index in [0.29, 0.717) is 19.6 Å². The molecule has 27 heavy (non-hydrogen) atoms. The number of fused-ring (bicyclic) bond motifs is 2. The molecular weight excluding hydrogens is 342 g/mol. The number of benzene rings is 1. The topological polar surface area (TPSA) is 74.2 Å². The lowest BCUT2D eigenvalue weighted by atomic mass is 9.64. The number of para-hydroxylation sites is 2. The van der Waals surface area contributed by atoms with Gasteiger partial charge in [0.2, 0.25) is 5.91 Å². The number of morpholine rings is 1. The lowest BCUT2D eigenvalue weighted by molar-refractivity contribution is -0.130. The van der Waals surface area contributed by atoms with Crippen LogP contribution in [-0.4, -0.2) is 43.1 Å². The second-order valence-corrected chi connectivity index (χ2v) is 8.83. The fourth-order valence-corrected chi connectivity index (χ4v) is 5.44. The monoisotopic (exact) mass is 371 g/mol. The van der Waals surface area contributed by atoms with Gasteiger partial charge in [0.25, 0.3) is 0 Å². The summed E-state index contributed by atoms with van der Waals surface area (Å²) in [4.78, 5) is 15.8. The van der Waals surface area contributed by atoms with E-state index in [1.165, 1.54) is 0 Å². The molecule has 6 nitrogen and oxygen atoms in total. The summed E-state index contributed by atoms with van der Waals surface area (Å²) in [5.74, 6) is 0.0376. The molecule has 2 unspecified atom stereocenters. The minimum Gasteiger partial charge on any atom is -0.411 e. The zero-order valence-electron chi connectivity index (χ0n) is 16.4. The Morgan fingerprint density at radius 3 is 2.56 bits per heavy atom. The summed E-state index contributed by atoms with van der Waals surface area (Å²) in [6.45, 7) is 9.47. The van der Waals surface area contributed by atoms with Crippen LogP contribution in [0, 0.1) is 16.2 Å².